The smallest absolute Gasteiger partial charge is 0.268 e. The van der Waals surface area contributed by atoms with Crippen molar-refractivity contribution in [1.82, 2.24) is 25.4 Å². The molecule has 1 amide bonds. The van der Waals surface area contributed by atoms with E-state index in [1.807, 2.05) is 44.2 Å². The average molecular weight is 440 g/mol. The molecule has 0 spiro atoms. The Hall–Kier alpha value is -3.00. The minimum Gasteiger partial charge on any atom is -0.350 e. The van der Waals surface area contributed by atoms with Crippen molar-refractivity contribution in [3.63, 3.8) is 0 Å². The van der Waals surface area contributed by atoms with Crippen molar-refractivity contribution >= 4 is 32.7 Å². The number of halogens is 1. The van der Waals surface area contributed by atoms with E-state index in [-0.39, 0.29) is 11.8 Å². The Balaban J connectivity index is 1.58. The van der Waals surface area contributed by atoms with Gasteiger partial charge in [-0.25, -0.2) is 0 Å². The largest absolute Gasteiger partial charge is 0.350 e. The quantitative estimate of drug-likeness (QED) is 0.476. The number of pyridine rings is 1. The summed E-state index contributed by atoms with van der Waals surface area (Å²) in [7, 11) is 0. The van der Waals surface area contributed by atoms with Gasteiger partial charge < -0.3 is 14.8 Å². The van der Waals surface area contributed by atoms with Crippen LogP contribution in [0.15, 0.2) is 57.8 Å². The van der Waals surface area contributed by atoms with Crippen LogP contribution in [0.4, 0.5) is 0 Å². The third kappa shape index (κ3) is 3.68. The fourth-order valence-electron chi connectivity index (χ4n) is 2.93. The summed E-state index contributed by atoms with van der Waals surface area (Å²) in [6.07, 6.45) is 3.35. The van der Waals surface area contributed by atoms with Gasteiger partial charge in [-0.1, -0.05) is 41.0 Å². The monoisotopic (exact) mass is 439 g/mol. The maximum atomic E-state index is 12.8. The zero-order valence-electron chi connectivity index (χ0n) is 15.3. The second kappa shape index (κ2) is 7.55. The molecule has 28 heavy (non-hydrogen) atoms. The van der Waals surface area contributed by atoms with E-state index in [2.05, 4.69) is 41.4 Å². The lowest BCUT2D eigenvalue weighted by Gasteiger charge is -2.18. The molecule has 3 heterocycles. The Bertz CT molecular complexity index is 1120. The van der Waals surface area contributed by atoms with Gasteiger partial charge >= 0.3 is 0 Å². The maximum Gasteiger partial charge on any atom is 0.268 e. The minimum atomic E-state index is -0.413. The number of amides is 1. The molecule has 0 saturated carbocycles. The van der Waals surface area contributed by atoms with Crippen LogP contribution in [-0.4, -0.2) is 26.0 Å². The van der Waals surface area contributed by atoms with Gasteiger partial charge in [0.15, 0.2) is 0 Å². The number of fused-ring (bicyclic) bond motifs is 1. The molecule has 1 aromatic carbocycles. The van der Waals surface area contributed by atoms with E-state index in [0.717, 1.165) is 20.9 Å². The van der Waals surface area contributed by atoms with Gasteiger partial charge in [-0.05, 0) is 36.2 Å². The van der Waals surface area contributed by atoms with Gasteiger partial charge in [-0.2, -0.15) is 4.98 Å². The van der Waals surface area contributed by atoms with E-state index in [1.165, 1.54) is 0 Å². The van der Waals surface area contributed by atoms with E-state index < -0.39 is 6.04 Å². The van der Waals surface area contributed by atoms with Gasteiger partial charge in [0.05, 0.1) is 0 Å². The number of benzene rings is 1. The molecule has 0 bridgehead atoms. The molecule has 3 aromatic heterocycles. The molecule has 1 unspecified atom stereocenters. The summed E-state index contributed by atoms with van der Waals surface area (Å²) in [5, 5.41) is 7.98. The summed E-state index contributed by atoms with van der Waals surface area (Å²) >= 11 is 3.44. The third-order valence-electron chi connectivity index (χ3n) is 4.41. The Morgan fingerprint density at radius 2 is 2.11 bits per heavy atom. The van der Waals surface area contributed by atoms with Crippen LogP contribution in [0.25, 0.3) is 22.3 Å². The second-order valence-corrected chi connectivity index (χ2v) is 7.72. The summed E-state index contributed by atoms with van der Waals surface area (Å²) in [6.45, 7) is 3.97. The molecule has 2 N–H and O–H groups in total. The Morgan fingerprint density at radius 3 is 2.86 bits per heavy atom. The van der Waals surface area contributed by atoms with Crippen molar-refractivity contribution in [2.75, 3.05) is 0 Å². The first-order valence-corrected chi connectivity index (χ1v) is 9.63. The fraction of sp³-hybridized carbons (Fsp3) is 0.200. The van der Waals surface area contributed by atoms with Crippen LogP contribution < -0.4 is 5.32 Å². The average Bonchev–Trinajstić information content (AvgIpc) is 3.33. The van der Waals surface area contributed by atoms with Gasteiger partial charge in [0, 0.05) is 33.3 Å². The molecule has 0 fully saturated rings. The first kappa shape index (κ1) is 18.4. The SMILES string of the molecule is CC(C)C(NC(=O)c1cc2ccc(Br)cc2[nH]1)c1nc(-c2cccnc2)no1. The van der Waals surface area contributed by atoms with Crippen LogP contribution in [0.1, 0.15) is 36.3 Å². The van der Waals surface area contributed by atoms with E-state index in [4.69, 9.17) is 4.52 Å². The van der Waals surface area contributed by atoms with Gasteiger partial charge in [0.25, 0.3) is 5.91 Å². The molecular weight excluding hydrogens is 422 g/mol. The lowest BCUT2D eigenvalue weighted by molar-refractivity contribution is 0.0909. The molecule has 0 saturated heterocycles. The minimum absolute atomic E-state index is 0.0599. The van der Waals surface area contributed by atoms with Gasteiger partial charge in [-0.3, -0.25) is 9.78 Å². The van der Waals surface area contributed by atoms with Crippen LogP contribution in [0, 0.1) is 5.92 Å². The number of hydrogen-bond donors (Lipinski definition) is 2. The van der Waals surface area contributed by atoms with E-state index in [9.17, 15) is 4.79 Å². The Labute approximate surface area is 169 Å². The number of aromatic amines is 1. The molecule has 0 aliphatic heterocycles. The van der Waals surface area contributed by atoms with Crippen molar-refractivity contribution in [1.29, 1.82) is 0 Å². The number of nitrogens with zero attached hydrogens (tertiary/aromatic N) is 3. The standard InChI is InChI=1S/C20H18BrN5O2/c1-11(2)17(20-25-18(26-28-20)13-4-3-7-22-10-13)24-19(27)16-8-12-5-6-14(21)9-15(12)23-16/h3-11,17,23H,1-2H3,(H,24,27). The maximum absolute atomic E-state index is 12.8. The number of aromatic nitrogens is 4. The molecular formula is C20H18BrN5O2. The number of nitrogens with one attached hydrogen (secondary N) is 2. The van der Waals surface area contributed by atoms with Crippen molar-refractivity contribution in [2.45, 2.75) is 19.9 Å². The van der Waals surface area contributed by atoms with Crippen molar-refractivity contribution < 1.29 is 9.32 Å². The summed E-state index contributed by atoms with van der Waals surface area (Å²) in [5.41, 5.74) is 2.12. The topological polar surface area (TPSA) is 96.7 Å². The normalized spacial score (nSPS) is 12.4. The predicted molar refractivity (Wildman–Crippen MR) is 109 cm³/mol. The van der Waals surface area contributed by atoms with Gasteiger partial charge in [-0.15, -0.1) is 0 Å². The van der Waals surface area contributed by atoms with Gasteiger partial charge in [0.1, 0.15) is 11.7 Å². The number of H-pyrrole nitrogens is 1. The molecule has 1 atom stereocenters. The van der Waals surface area contributed by atoms with Crippen LogP contribution in [0.2, 0.25) is 0 Å². The first-order chi connectivity index (χ1) is 13.5. The Kier molecular flexibility index (Phi) is 4.95. The highest BCUT2D eigenvalue weighted by molar-refractivity contribution is 9.10. The second-order valence-electron chi connectivity index (χ2n) is 6.81. The number of rotatable bonds is 5. The number of hydrogen-bond acceptors (Lipinski definition) is 5. The van der Waals surface area contributed by atoms with E-state index >= 15 is 0 Å². The van der Waals surface area contributed by atoms with Crippen LogP contribution in [0.5, 0.6) is 0 Å². The lowest BCUT2D eigenvalue weighted by atomic mass is 10.0. The highest BCUT2D eigenvalue weighted by Crippen LogP contribution is 2.25. The van der Waals surface area contributed by atoms with Gasteiger partial charge in [0.2, 0.25) is 11.7 Å². The first-order valence-electron chi connectivity index (χ1n) is 8.84. The zero-order chi connectivity index (χ0) is 19.7. The molecule has 7 nitrogen and oxygen atoms in total. The number of carbonyl (C=O) groups excluding carboxylic acids is 1. The molecule has 4 rings (SSSR count). The lowest BCUT2D eigenvalue weighted by Crippen LogP contribution is -2.32. The van der Waals surface area contributed by atoms with E-state index in [0.29, 0.717) is 17.4 Å². The predicted octanol–water partition coefficient (Wildman–Crippen LogP) is 4.50. The summed E-state index contributed by atoms with van der Waals surface area (Å²) < 4.78 is 6.38. The summed E-state index contributed by atoms with van der Waals surface area (Å²) in [6, 6.07) is 10.9. The van der Waals surface area contributed by atoms with Crippen molar-refractivity contribution in [2.24, 2.45) is 5.92 Å². The summed E-state index contributed by atoms with van der Waals surface area (Å²) in [5.74, 6) is 0.636. The van der Waals surface area contributed by atoms with Crippen molar-refractivity contribution in [3.05, 3.63) is 64.8 Å². The fourth-order valence-corrected chi connectivity index (χ4v) is 3.29. The highest BCUT2D eigenvalue weighted by Gasteiger charge is 2.26. The molecule has 0 radical (unpaired) electrons. The molecule has 142 valence electrons. The zero-order valence-corrected chi connectivity index (χ0v) is 16.9. The molecule has 0 aliphatic rings. The van der Waals surface area contributed by atoms with Crippen molar-refractivity contribution in [3.8, 4) is 11.4 Å². The molecule has 8 heteroatoms. The molecule has 0 aliphatic carbocycles. The van der Waals surface area contributed by atoms with Crippen LogP contribution in [0.3, 0.4) is 0 Å². The molecule has 4 aromatic rings. The number of carbonyl (C=O) groups is 1. The van der Waals surface area contributed by atoms with Crippen LogP contribution in [-0.2, 0) is 0 Å². The van der Waals surface area contributed by atoms with E-state index in [1.54, 1.807) is 18.5 Å². The highest BCUT2D eigenvalue weighted by atomic mass is 79.9. The third-order valence-corrected chi connectivity index (χ3v) is 4.90. The Morgan fingerprint density at radius 1 is 1.25 bits per heavy atom. The van der Waals surface area contributed by atoms with Crippen LogP contribution >= 0.6 is 15.9 Å². The summed E-state index contributed by atoms with van der Waals surface area (Å²) in [4.78, 5) is 24.5.